The molecule has 8 rings (SSSR count). The summed E-state index contributed by atoms with van der Waals surface area (Å²) in [5, 5.41) is 0. The van der Waals surface area contributed by atoms with Crippen LogP contribution in [-0.2, 0) is 17.3 Å². The van der Waals surface area contributed by atoms with E-state index in [1.807, 2.05) is 12.2 Å². The van der Waals surface area contributed by atoms with Crippen molar-refractivity contribution in [2.45, 2.75) is 37.5 Å². The molecule has 0 N–H and O–H groups in total. The summed E-state index contributed by atoms with van der Waals surface area (Å²) < 4.78 is 6.69. The van der Waals surface area contributed by atoms with E-state index in [0.29, 0.717) is 0 Å². The van der Waals surface area contributed by atoms with Crippen molar-refractivity contribution < 1.29 is 4.74 Å². The lowest BCUT2D eigenvalue weighted by molar-refractivity contribution is 0.417. The van der Waals surface area contributed by atoms with Crippen LogP contribution in [0.3, 0.4) is 0 Å². The van der Waals surface area contributed by atoms with Crippen molar-refractivity contribution in [2.75, 3.05) is 0 Å². The van der Waals surface area contributed by atoms with Gasteiger partial charge in [0.25, 0.3) is 0 Å². The Morgan fingerprint density at radius 2 is 1.47 bits per heavy atom. The van der Waals surface area contributed by atoms with Crippen LogP contribution in [0, 0.1) is 0 Å². The molecule has 1 unspecified atom stereocenters. The van der Waals surface area contributed by atoms with Gasteiger partial charge in [-0.2, -0.15) is 0 Å². The van der Waals surface area contributed by atoms with E-state index in [9.17, 15) is 0 Å². The van der Waals surface area contributed by atoms with Gasteiger partial charge in [-0.15, -0.1) is 0 Å². The van der Waals surface area contributed by atoms with Gasteiger partial charge in [-0.25, -0.2) is 0 Å². The number of para-hydroxylation sites is 1. The van der Waals surface area contributed by atoms with Crippen LogP contribution in [-0.4, -0.2) is 0 Å². The van der Waals surface area contributed by atoms with Gasteiger partial charge in [0.15, 0.2) is 0 Å². The maximum absolute atomic E-state index is 6.69. The first kappa shape index (κ1) is 27.4. The summed E-state index contributed by atoms with van der Waals surface area (Å²) in [5.74, 6) is 1.84. The third-order valence-electron chi connectivity index (χ3n) is 10.0. The van der Waals surface area contributed by atoms with Crippen LogP contribution >= 0.6 is 0 Å². The average Bonchev–Trinajstić information content (AvgIpc) is 3.38. The normalized spacial score (nSPS) is 18.8. The Kier molecular flexibility index (Phi) is 6.39. The minimum atomic E-state index is -0.576. The summed E-state index contributed by atoms with van der Waals surface area (Å²) in [4.78, 5) is 0. The van der Waals surface area contributed by atoms with E-state index >= 15 is 0 Å². The zero-order chi connectivity index (χ0) is 30.6. The average molecular weight is 581 g/mol. The van der Waals surface area contributed by atoms with Gasteiger partial charge in [-0.3, -0.25) is 0 Å². The Hall–Kier alpha value is -5.14. The maximum Gasteiger partial charge on any atom is 0.132 e. The molecule has 1 atom stereocenters. The van der Waals surface area contributed by atoms with E-state index in [4.69, 9.17) is 4.74 Å². The van der Waals surface area contributed by atoms with Crippen molar-refractivity contribution in [1.82, 2.24) is 0 Å². The molecule has 0 saturated heterocycles. The van der Waals surface area contributed by atoms with Gasteiger partial charge < -0.3 is 4.74 Å². The molecule has 3 aliphatic rings. The van der Waals surface area contributed by atoms with Crippen LogP contribution in [0.15, 0.2) is 146 Å². The summed E-state index contributed by atoms with van der Waals surface area (Å²) in [5.41, 5.74) is 13.3. The van der Waals surface area contributed by atoms with Crippen LogP contribution in [0.25, 0.3) is 22.8 Å². The second kappa shape index (κ2) is 10.5. The van der Waals surface area contributed by atoms with Gasteiger partial charge in [0.2, 0.25) is 0 Å². The number of fused-ring (bicyclic) bond motifs is 7. The van der Waals surface area contributed by atoms with E-state index in [1.54, 1.807) is 0 Å². The largest absolute Gasteiger partial charge is 0.457 e. The molecule has 0 radical (unpaired) electrons. The minimum Gasteiger partial charge on any atom is -0.457 e. The molecular formula is C44H36O. The fourth-order valence-corrected chi connectivity index (χ4v) is 8.20. The molecule has 5 aromatic carbocycles. The minimum absolute atomic E-state index is 0.295. The SMILES string of the molecule is C=C/C=C\C=C(/c1cccc2c1C(C)(C)c1ccccc1O2)C1(c2ccccc2)c2ccccc2-c2ccc3c(c21)C=CCC3. The van der Waals surface area contributed by atoms with Gasteiger partial charge in [-0.1, -0.05) is 154 Å². The van der Waals surface area contributed by atoms with Gasteiger partial charge >= 0.3 is 0 Å². The predicted octanol–water partition coefficient (Wildman–Crippen LogP) is 11.2. The molecule has 5 aromatic rings. The standard InChI is InChI=1S/C44H36O/c1-4-5-7-23-37(35-22-16-27-40-42(35)43(2,3)38-25-14-15-26-39(38)45-40)44(31-18-8-6-9-19-31)36-24-13-12-21-33(36)34-29-28-30-17-10-11-20-32(30)41(34)44/h4-9,11-16,18-29H,1,10,17H2,2-3H3/b7-5-,37-23+. The molecule has 2 aliphatic carbocycles. The number of aryl methyl sites for hydroxylation is 1. The number of hydrogen-bond acceptors (Lipinski definition) is 1. The Morgan fingerprint density at radius 1 is 0.711 bits per heavy atom. The van der Waals surface area contributed by atoms with Crippen LogP contribution in [0.5, 0.6) is 11.5 Å². The predicted molar refractivity (Wildman–Crippen MR) is 188 cm³/mol. The zero-order valence-corrected chi connectivity index (χ0v) is 25.9. The third-order valence-corrected chi connectivity index (χ3v) is 10.0. The molecule has 0 aromatic heterocycles. The second-order valence-corrected chi connectivity index (χ2v) is 12.8. The van der Waals surface area contributed by atoms with Crippen LogP contribution in [0.2, 0.25) is 0 Å². The molecule has 0 saturated carbocycles. The molecule has 0 spiro atoms. The highest BCUT2D eigenvalue weighted by Gasteiger charge is 2.50. The van der Waals surface area contributed by atoms with Crippen LogP contribution in [0.4, 0.5) is 0 Å². The molecule has 45 heavy (non-hydrogen) atoms. The first-order chi connectivity index (χ1) is 22.1. The van der Waals surface area contributed by atoms with Crippen molar-refractivity contribution in [3.63, 3.8) is 0 Å². The number of ether oxygens (including phenoxy) is 1. The first-order valence-corrected chi connectivity index (χ1v) is 16.0. The molecule has 1 heterocycles. The lowest BCUT2D eigenvalue weighted by Gasteiger charge is -2.41. The topological polar surface area (TPSA) is 9.23 Å². The van der Waals surface area contributed by atoms with Gasteiger partial charge in [-0.05, 0) is 75.1 Å². The number of rotatable bonds is 5. The second-order valence-electron chi connectivity index (χ2n) is 12.8. The summed E-state index contributed by atoms with van der Waals surface area (Å²) in [7, 11) is 0. The molecular weight excluding hydrogens is 544 g/mol. The van der Waals surface area contributed by atoms with Crippen LogP contribution < -0.4 is 4.74 Å². The van der Waals surface area contributed by atoms with E-state index in [0.717, 1.165) is 24.3 Å². The van der Waals surface area contributed by atoms with Crippen molar-refractivity contribution in [1.29, 1.82) is 0 Å². The fraction of sp³-hybridized carbons (Fsp3) is 0.136. The van der Waals surface area contributed by atoms with Gasteiger partial charge in [0, 0.05) is 16.5 Å². The van der Waals surface area contributed by atoms with Crippen molar-refractivity contribution in [3.8, 4) is 22.6 Å². The lowest BCUT2D eigenvalue weighted by atomic mass is 9.61. The number of benzene rings is 5. The Balaban J connectivity index is 1.54. The highest BCUT2D eigenvalue weighted by atomic mass is 16.5. The molecule has 218 valence electrons. The van der Waals surface area contributed by atoms with E-state index in [-0.39, 0.29) is 5.41 Å². The Labute approximate surface area is 266 Å². The van der Waals surface area contributed by atoms with Crippen LogP contribution in [0.1, 0.15) is 64.8 Å². The molecule has 0 bridgehead atoms. The molecule has 1 aliphatic heterocycles. The lowest BCUT2D eigenvalue weighted by Crippen LogP contribution is -2.33. The highest BCUT2D eigenvalue weighted by molar-refractivity contribution is 5.99. The monoisotopic (exact) mass is 580 g/mol. The summed E-state index contributed by atoms with van der Waals surface area (Å²) >= 11 is 0. The van der Waals surface area contributed by atoms with Gasteiger partial charge in [0.05, 0.1) is 5.41 Å². The van der Waals surface area contributed by atoms with Crippen molar-refractivity contribution in [3.05, 3.63) is 191 Å². The summed E-state index contributed by atoms with van der Waals surface area (Å²) in [6.07, 6.45) is 15.2. The number of hydrogen-bond donors (Lipinski definition) is 0. The van der Waals surface area contributed by atoms with Crippen molar-refractivity contribution >= 4 is 11.6 Å². The van der Waals surface area contributed by atoms with Crippen molar-refractivity contribution in [2.24, 2.45) is 0 Å². The molecule has 0 amide bonds. The maximum atomic E-state index is 6.69. The quantitative estimate of drug-likeness (QED) is 0.188. The smallest absolute Gasteiger partial charge is 0.132 e. The van der Waals surface area contributed by atoms with E-state index in [1.165, 1.54) is 61.2 Å². The fourth-order valence-electron chi connectivity index (χ4n) is 8.20. The zero-order valence-electron chi connectivity index (χ0n) is 25.9. The molecule has 1 nitrogen and oxygen atoms in total. The summed E-state index contributed by atoms with van der Waals surface area (Å²) in [6.45, 7) is 8.68. The van der Waals surface area contributed by atoms with E-state index < -0.39 is 5.41 Å². The Bertz CT molecular complexity index is 2070. The van der Waals surface area contributed by atoms with Gasteiger partial charge in [0.1, 0.15) is 11.5 Å². The molecule has 0 fully saturated rings. The first-order valence-electron chi connectivity index (χ1n) is 16.0. The number of allylic oxidation sites excluding steroid dienone is 6. The van der Waals surface area contributed by atoms with E-state index in [2.05, 4.69) is 154 Å². The third kappa shape index (κ3) is 3.93. The summed E-state index contributed by atoms with van der Waals surface area (Å²) in [6, 6.07) is 40.0. The highest BCUT2D eigenvalue weighted by Crippen LogP contribution is 2.62. The Morgan fingerprint density at radius 3 is 2.31 bits per heavy atom. The molecule has 1 heteroatoms.